The summed E-state index contributed by atoms with van der Waals surface area (Å²) in [6.45, 7) is 4.32. The Labute approximate surface area is 108 Å². The maximum atomic E-state index is 4.33. The Morgan fingerprint density at radius 1 is 1.17 bits per heavy atom. The lowest BCUT2D eigenvalue weighted by Crippen LogP contribution is -2.20. The number of likely N-dealkylation sites (N-methyl/N-ethyl adjacent to an activating group) is 1. The van der Waals surface area contributed by atoms with E-state index in [9.17, 15) is 0 Å². The molecule has 3 nitrogen and oxygen atoms in total. The molecule has 0 saturated heterocycles. The van der Waals surface area contributed by atoms with Crippen LogP contribution in [-0.4, -0.2) is 17.0 Å². The van der Waals surface area contributed by atoms with Crippen LogP contribution in [0.3, 0.4) is 0 Å². The van der Waals surface area contributed by atoms with Crippen LogP contribution in [0.2, 0.25) is 0 Å². The van der Waals surface area contributed by atoms with Crippen LogP contribution < -0.4 is 5.32 Å². The third kappa shape index (κ3) is 2.74. The Morgan fingerprint density at radius 3 is 2.44 bits per heavy atom. The minimum atomic E-state index is 0.229. The van der Waals surface area contributed by atoms with Crippen molar-refractivity contribution in [1.82, 2.24) is 15.3 Å². The molecule has 0 bridgehead atoms. The van der Waals surface area contributed by atoms with E-state index in [0.29, 0.717) is 0 Å². The molecule has 0 aliphatic rings. The molecule has 2 rings (SSSR count). The maximum Gasteiger partial charge on any atom is 0.115 e. The molecule has 1 aromatic heterocycles. The Hall–Kier alpha value is -1.74. The summed E-state index contributed by atoms with van der Waals surface area (Å²) in [6, 6.07) is 8.62. The van der Waals surface area contributed by atoms with Gasteiger partial charge in [0.2, 0.25) is 0 Å². The van der Waals surface area contributed by atoms with Crippen LogP contribution in [-0.2, 0) is 6.42 Å². The lowest BCUT2D eigenvalue weighted by atomic mass is 9.95. The highest BCUT2D eigenvalue weighted by Crippen LogP contribution is 2.21. The van der Waals surface area contributed by atoms with Crippen LogP contribution in [0.5, 0.6) is 0 Å². The minimum absolute atomic E-state index is 0.229. The van der Waals surface area contributed by atoms with E-state index >= 15 is 0 Å². The molecule has 0 aliphatic heterocycles. The van der Waals surface area contributed by atoms with Crippen molar-refractivity contribution in [3.63, 3.8) is 0 Å². The second-order valence-electron chi connectivity index (χ2n) is 4.55. The van der Waals surface area contributed by atoms with E-state index in [4.69, 9.17) is 0 Å². The summed E-state index contributed by atoms with van der Waals surface area (Å²) in [4.78, 5) is 8.30. The van der Waals surface area contributed by atoms with Gasteiger partial charge in [-0.05, 0) is 50.1 Å². The standard InChI is InChI=1S/C15H19N3/c1-11-5-4-6-12(2)13(11)9-15(16-3)14-7-8-17-10-18-14/h4-8,10,15-16H,9H2,1-3H3. The van der Waals surface area contributed by atoms with Crippen LogP contribution in [0, 0.1) is 13.8 Å². The SMILES string of the molecule is CNC(Cc1c(C)cccc1C)c1ccncn1. The van der Waals surface area contributed by atoms with Gasteiger partial charge in [0.1, 0.15) is 6.33 Å². The molecule has 94 valence electrons. The summed E-state index contributed by atoms with van der Waals surface area (Å²) in [7, 11) is 1.97. The lowest BCUT2D eigenvalue weighted by molar-refractivity contribution is 0.571. The average molecular weight is 241 g/mol. The second-order valence-corrected chi connectivity index (χ2v) is 4.55. The Balaban J connectivity index is 2.26. The topological polar surface area (TPSA) is 37.8 Å². The van der Waals surface area contributed by atoms with Crippen molar-refractivity contribution in [2.45, 2.75) is 26.3 Å². The molecule has 0 amide bonds. The molecule has 0 aliphatic carbocycles. The van der Waals surface area contributed by atoms with Gasteiger partial charge in [-0.15, -0.1) is 0 Å². The highest BCUT2D eigenvalue weighted by molar-refractivity contribution is 5.34. The molecule has 1 N–H and O–H groups in total. The van der Waals surface area contributed by atoms with Gasteiger partial charge in [-0.3, -0.25) is 0 Å². The van der Waals surface area contributed by atoms with Gasteiger partial charge in [-0.2, -0.15) is 0 Å². The molecule has 0 spiro atoms. The number of hydrogen-bond donors (Lipinski definition) is 1. The van der Waals surface area contributed by atoms with Gasteiger partial charge in [-0.25, -0.2) is 9.97 Å². The van der Waals surface area contributed by atoms with E-state index in [1.807, 2.05) is 13.1 Å². The van der Waals surface area contributed by atoms with Gasteiger partial charge >= 0.3 is 0 Å². The number of rotatable bonds is 4. The molecule has 1 heterocycles. The molecule has 18 heavy (non-hydrogen) atoms. The molecule has 0 radical (unpaired) electrons. The zero-order valence-corrected chi connectivity index (χ0v) is 11.1. The van der Waals surface area contributed by atoms with Gasteiger partial charge < -0.3 is 5.32 Å². The first-order valence-electron chi connectivity index (χ1n) is 6.20. The molecule has 1 unspecified atom stereocenters. The van der Waals surface area contributed by atoms with Crippen LogP contribution in [0.25, 0.3) is 0 Å². The van der Waals surface area contributed by atoms with Crippen molar-refractivity contribution >= 4 is 0 Å². The summed E-state index contributed by atoms with van der Waals surface area (Å²) < 4.78 is 0. The van der Waals surface area contributed by atoms with Crippen LogP contribution in [0.4, 0.5) is 0 Å². The highest BCUT2D eigenvalue weighted by atomic mass is 14.9. The van der Waals surface area contributed by atoms with Gasteiger partial charge in [0.15, 0.2) is 0 Å². The van der Waals surface area contributed by atoms with E-state index in [1.165, 1.54) is 16.7 Å². The van der Waals surface area contributed by atoms with Crippen molar-refractivity contribution in [2.24, 2.45) is 0 Å². The number of nitrogens with zero attached hydrogens (tertiary/aromatic N) is 2. The van der Waals surface area contributed by atoms with Crippen molar-refractivity contribution in [3.05, 3.63) is 59.2 Å². The van der Waals surface area contributed by atoms with E-state index in [1.54, 1.807) is 12.5 Å². The maximum absolute atomic E-state index is 4.33. The summed E-state index contributed by atoms with van der Waals surface area (Å²) in [5.74, 6) is 0. The smallest absolute Gasteiger partial charge is 0.115 e. The fourth-order valence-electron chi connectivity index (χ4n) is 2.24. The average Bonchev–Trinajstić information content (AvgIpc) is 2.40. The van der Waals surface area contributed by atoms with Crippen molar-refractivity contribution < 1.29 is 0 Å². The van der Waals surface area contributed by atoms with Crippen LogP contribution in [0.1, 0.15) is 28.4 Å². The molecular weight excluding hydrogens is 222 g/mol. The summed E-state index contributed by atoms with van der Waals surface area (Å²) in [5, 5.41) is 3.33. The van der Waals surface area contributed by atoms with Crippen LogP contribution >= 0.6 is 0 Å². The van der Waals surface area contributed by atoms with E-state index in [-0.39, 0.29) is 6.04 Å². The fraction of sp³-hybridized carbons (Fsp3) is 0.333. The van der Waals surface area contributed by atoms with E-state index in [0.717, 1.165) is 12.1 Å². The molecule has 1 aromatic carbocycles. The monoisotopic (exact) mass is 241 g/mol. The molecule has 0 saturated carbocycles. The third-order valence-corrected chi connectivity index (χ3v) is 3.36. The van der Waals surface area contributed by atoms with E-state index in [2.05, 4.69) is 47.3 Å². The highest BCUT2D eigenvalue weighted by Gasteiger charge is 2.13. The van der Waals surface area contributed by atoms with Gasteiger partial charge in [0.25, 0.3) is 0 Å². The predicted molar refractivity (Wildman–Crippen MR) is 73.5 cm³/mol. The molecule has 3 heteroatoms. The first kappa shape index (κ1) is 12.7. The first-order chi connectivity index (χ1) is 8.72. The Morgan fingerprint density at radius 2 is 1.89 bits per heavy atom. The van der Waals surface area contributed by atoms with Crippen molar-refractivity contribution in [3.8, 4) is 0 Å². The summed E-state index contributed by atoms with van der Waals surface area (Å²) in [6.07, 6.45) is 4.34. The third-order valence-electron chi connectivity index (χ3n) is 3.36. The number of aryl methyl sites for hydroxylation is 2. The number of nitrogens with one attached hydrogen (secondary N) is 1. The fourth-order valence-corrected chi connectivity index (χ4v) is 2.24. The zero-order chi connectivity index (χ0) is 13.0. The van der Waals surface area contributed by atoms with Crippen molar-refractivity contribution in [2.75, 3.05) is 7.05 Å². The Bertz CT molecular complexity index is 488. The molecule has 2 aromatic rings. The van der Waals surface area contributed by atoms with Crippen molar-refractivity contribution in [1.29, 1.82) is 0 Å². The van der Waals surface area contributed by atoms with Gasteiger partial charge in [-0.1, -0.05) is 18.2 Å². The first-order valence-corrected chi connectivity index (χ1v) is 6.20. The molecular formula is C15H19N3. The van der Waals surface area contributed by atoms with Gasteiger partial charge in [0, 0.05) is 6.20 Å². The molecule has 1 atom stereocenters. The molecule has 0 fully saturated rings. The Kier molecular flexibility index (Phi) is 4.05. The number of benzene rings is 1. The second kappa shape index (κ2) is 5.74. The lowest BCUT2D eigenvalue weighted by Gasteiger charge is -2.18. The zero-order valence-electron chi connectivity index (χ0n) is 11.1. The summed E-state index contributed by atoms with van der Waals surface area (Å²) >= 11 is 0. The quantitative estimate of drug-likeness (QED) is 0.894. The van der Waals surface area contributed by atoms with E-state index < -0.39 is 0 Å². The van der Waals surface area contributed by atoms with Gasteiger partial charge in [0.05, 0.1) is 11.7 Å². The largest absolute Gasteiger partial charge is 0.311 e. The number of aromatic nitrogens is 2. The predicted octanol–water partition coefficient (Wildman–Crippen LogP) is 2.60. The van der Waals surface area contributed by atoms with Crippen LogP contribution in [0.15, 0.2) is 36.8 Å². The minimum Gasteiger partial charge on any atom is -0.311 e. The summed E-state index contributed by atoms with van der Waals surface area (Å²) in [5.41, 5.74) is 5.11. The normalized spacial score (nSPS) is 12.4. The number of hydrogen-bond acceptors (Lipinski definition) is 3.